The summed E-state index contributed by atoms with van der Waals surface area (Å²) in [5.41, 5.74) is 3.33. The molecule has 2 rings (SSSR count). The second-order valence-corrected chi connectivity index (χ2v) is 6.40. The number of carbonyl (C=O) groups is 1. The minimum atomic E-state index is 0.240. The summed E-state index contributed by atoms with van der Waals surface area (Å²) in [6.45, 7) is 7.86. The molecule has 0 radical (unpaired) electrons. The Balaban J connectivity index is 1.96. The Labute approximate surface area is 129 Å². The first-order valence-corrected chi connectivity index (χ1v) is 8.57. The molecule has 1 aliphatic rings. The van der Waals surface area contributed by atoms with E-state index in [1.807, 2.05) is 0 Å². The zero-order valence-electron chi connectivity index (χ0n) is 13.9. The molecule has 1 heterocycles. The number of unbranched alkanes of at least 4 members (excludes halogenated alkanes) is 2. The molecule has 3 nitrogen and oxygen atoms in total. The van der Waals surface area contributed by atoms with Gasteiger partial charge in [-0.15, -0.1) is 0 Å². The Kier molecular flexibility index (Phi) is 6.04. The number of ketones is 1. The largest absolute Gasteiger partial charge is 0.345 e. The van der Waals surface area contributed by atoms with Gasteiger partial charge in [0.05, 0.1) is 6.54 Å². The molecular weight excluding hydrogens is 260 g/mol. The van der Waals surface area contributed by atoms with Crippen LogP contribution in [0.5, 0.6) is 0 Å². The van der Waals surface area contributed by atoms with Crippen molar-refractivity contribution in [3.8, 4) is 0 Å². The average molecular weight is 290 g/mol. The summed E-state index contributed by atoms with van der Waals surface area (Å²) in [6, 6.07) is 2.70. The fourth-order valence-corrected chi connectivity index (χ4v) is 3.58. The van der Waals surface area contributed by atoms with Crippen LogP contribution in [0.2, 0.25) is 0 Å². The fraction of sp³-hybridized carbons (Fsp3) is 0.722. The van der Waals surface area contributed by atoms with Crippen molar-refractivity contribution in [3.05, 3.63) is 23.0 Å². The van der Waals surface area contributed by atoms with Crippen LogP contribution in [0, 0.1) is 13.8 Å². The van der Waals surface area contributed by atoms with E-state index in [-0.39, 0.29) is 5.78 Å². The van der Waals surface area contributed by atoms with E-state index in [4.69, 9.17) is 0 Å². The van der Waals surface area contributed by atoms with Crippen LogP contribution in [0.4, 0.5) is 0 Å². The molecule has 21 heavy (non-hydrogen) atoms. The summed E-state index contributed by atoms with van der Waals surface area (Å²) < 4.78 is 2.40. The van der Waals surface area contributed by atoms with Gasteiger partial charge in [-0.2, -0.15) is 0 Å². The minimum absolute atomic E-state index is 0.240. The van der Waals surface area contributed by atoms with Gasteiger partial charge in [-0.3, -0.25) is 4.79 Å². The number of carbonyl (C=O) groups excluding carboxylic acids is 1. The van der Waals surface area contributed by atoms with Gasteiger partial charge in [-0.1, -0.05) is 32.6 Å². The third-order valence-corrected chi connectivity index (χ3v) is 4.72. The average Bonchev–Trinajstić information content (AvgIpc) is 3.06. The summed E-state index contributed by atoms with van der Waals surface area (Å²) in [6.07, 6.45) is 8.78. The molecular formula is C18H30N2O. The highest BCUT2D eigenvalue weighted by molar-refractivity contribution is 5.99. The topological polar surface area (TPSA) is 34.0 Å². The molecule has 1 saturated carbocycles. The summed E-state index contributed by atoms with van der Waals surface area (Å²) in [7, 11) is 0. The van der Waals surface area contributed by atoms with E-state index in [2.05, 4.69) is 36.7 Å². The number of hydrogen-bond acceptors (Lipinski definition) is 2. The van der Waals surface area contributed by atoms with E-state index in [1.54, 1.807) is 0 Å². The first-order valence-electron chi connectivity index (χ1n) is 8.57. The normalized spacial score (nSPS) is 15.8. The SMILES string of the molecule is CCCCCNCC(=O)c1cc(C)n(C2CCCC2)c1C. The van der Waals surface area contributed by atoms with Gasteiger partial charge >= 0.3 is 0 Å². The molecule has 0 saturated heterocycles. The van der Waals surface area contributed by atoms with Gasteiger partial charge in [0.2, 0.25) is 0 Å². The van der Waals surface area contributed by atoms with Crippen molar-refractivity contribution < 1.29 is 4.79 Å². The van der Waals surface area contributed by atoms with Gasteiger partial charge in [0.1, 0.15) is 0 Å². The van der Waals surface area contributed by atoms with Crippen molar-refractivity contribution in [2.75, 3.05) is 13.1 Å². The van der Waals surface area contributed by atoms with Gasteiger partial charge in [0.15, 0.2) is 5.78 Å². The molecule has 1 aromatic heterocycles. The van der Waals surface area contributed by atoms with Gasteiger partial charge < -0.3 is 9.88 Å². The maximum atomic E-state index is 12.4. The van der Waals surface area contributed by atoms with Crippen LogP contribution in [-0.2, 0) is 0 Å². The molecule has 0 bridgehead atoms. The Morgan fingerprint density at radius 1 is 1.29 bits per heavy atom. The lowest BCUT2D eigenvalue weighted by molar-refractivity contribution is 0.0990. The first kappa shape index (κ1) is 16.3. The Bertz CT molecular complexity index is 470. The lowest BCUT2D eigenvalue weighted by Gasteiger charge is -2.17. The predicted octanol–water partition coefficient (Wildman–Crippen LogP) is 4.18. The molecule has 0 unspecified atom stereocenters. The number of aryl methyl sites for hydroxylation is 1. The van der Waals surface area contributed by atoms with Crippen molar-refractivity contribution in [3.63, 3.8) is 0 Å². The monoisotopic (exact) mass is 290 g/mol. The first-order chi connectivity index (χ1) is 10.1. The number of rotatable bonds is 8. The lowest BCUT2D eigenvalue weighted by Crippen LogP contribution is -2.24. The molecule has 1 aromatic rings. The molecule has 1 aliphatic carbocycles. The Morgan fingerprint density at radius 2 is 2.00 bits per heavy atom. The van der Waals surface area contributed by atoms with E-state index in [1.165, 1.54) is 49.9 Å². The molecule has 1 fully saturated rings. The summed E-state index contributed by atoms with van der Waals surface area (Å²) >= 11 is 0. The zero-order chi connectivity index (χ0) is 15.2. The second kappa shape index (κ2) is 7.79. The van der Waals surface area contributed by atoms with E-state index >= 15 is 0 Å². The molecule has 0 atom stereocenters. The molecule has 1 N–H and O–H groups in total. The minimum Gasteiger partial charge on any atom is -0.345 e. The van der Waals surface area contributed by atoms with Crippen molar-refractivity contribution in [1.29, 1.82) is 0 Å². The molecule has 0 aliphatic heterocycles. The number of nitrogens with one attached hydrogen (secondary N) is 1. The fourth-order valence-electron chi connectivity index (χ4n) is 3.58. The smallest absolute Gasteiger partial charge is 0.178 e. The standard InChI is InChI=1S/C18H30N2O/c1-4-5-8-11-19-13-18(21)17-12-14(2)20(15(17)3)16-9-6-7-10-16/h12,16,19H,4-11,13H2,1-3H3. The van der Waals surface area contributed by atoms with E-state index in [9.17, 15) is 4.79 Å². The maximum absolute atomic E-state index is 12.4. The maximum Gasteiger partial charge on any atom is 0.178 e. The van der Waals surface area contributed by atoms with E-state index in [0.717, 1.165) is 18.5 Å². The Morgan fingerprint density at radius 3 is 2.67 bits per heavy atom. The van der Waals surface area contributed by atoms with Crippen LogP contribution in [0.25, 0.3) is 0 Å². The van der Waals surface area contributed by atoms with Crippen molar-refractivity contribution >= 4 is 5.78 Å². The quantitative estimate of drug-likeness (QED) is 0.575. The third kappa shape index (κ3) is 3.97. The van der Waals surface area contributed by atoms with Crippen molar-refractivity contribution in [2.45, 2.75) is 71.8 Å². The van der Waals surface area contributed by atoms with Gasteiger partial charge in [-0.05, 0) is 45.7 Å². The van der Waals surface area contributed by atoms with Crippen LogP contribution in [-0.4, -0.2) is 23.4 Å². The molecule has 3 heteroatoms. The number of aromatic nitrogens is 1. The summed E-state index contributed by atoms with van der Waals surface area (Å²) in [5.74, 6) is 0.240. The molecule has 0 spiro atoms. The van der Waals surface area contributed by atoms with Crippen LogP contribution < -0.4 is 5.32 Å². The zero-order valence-corrected chi connectivity index (χ0v) is 13.9. The van der Waals surface area contributed by atoms with Crippen LogP contribution in [0.15, 0.2) is 6.07 Å². The van der Waals surface area contributed by atoms with E-state index < -0.39 is 0 Å². The summed E-state index contributed by atoms with van der Waals surface area (Å²) in [4.78, 5) is 12.4. The Hall–Kier alpha value is -1.09. The predicted molar refractivity (Wildman–Crippen MR) is 88.1 cm³/mol. The van der Waals surface area contributed by atoms with Gasteiger partial charge in [0.25, 0.3) is 0 Å². The number of hydrogen-bond donors (Lipinski definition) is 1. The molecule has 0 amide bonds. The van der Waals surface area contributed by atoms with Crippen LogP contribution in [0.3, 0.4) is 0 Å². The molecule has 0 aromatic carbocycles. The van der Waals surface area contributed by atoms with Gasteiger partial charge in [-0.25, -0.2) is 0 Å². The van der Waals surface area contributed by atoms with Crippen molar-refractivity contribution in [2.24, 2.45) is 0 Å². The van der Waals surface area contributed by atoms with Gasteiger partial charge in [0, 0.05) is 23.0 Å². The number of Topliss-reactive ketones (excluding diaryl/α,β-unsaturated/α-hetero) is 1. The molecule has 118 valence electrons. The lowest BCUT2D eigenvalue weighted by atomic mass is 10.1. The third-order valence-electron chi connectivity index (χ3n) is 4.72. The highest BCUT2D eigenvalue weighted by atomic mass is 16.1. The van der Waals surface area contributed by atoms with Crippen molar-refractivity contribution in [1.82, 2.24) is 9.88 Å². The summed E-state index contributed by atoms with van der Waals surface area (Å²) in [5, 5.41) is 3.29. The second-order valence-electron chi connectivity index (χ2n) is 6.40. The van der Waals surface area contributed by atoms with E-state index in [0.29, 0.717) is 12.6 Å². The van der Waals surface area contributed by atoms with Crippen LogP contribution >= 0.6 is 0 Å². The number of nitrogens with zero attached hydrogens (tertiary/aromatic N) is 1. The highest BCUT2D eigenvalue weighted by Crippen LogP contribution is 2.33. The highest BCUT2D eigenvalue weighted by Gasteiger charge is 2.23. The van der Waals surface area contributed by atoms with Crippen LogP contribution in [0.1, 0.15) is 79.7 Å².